The molecule has 3 rings (SSSR count). The molecule has 2 N–H and O–H groups in total. The Bertz CT molecular complexity index is 900. The number of hydrogen-bond donors (Lipinski definition) is 2. The minimum absolute atomic E-state index is 0.0652. The summed E-state index contributed by atoms with van der Waals surface area (Å²) in [5, 5.41) is 14.4. The first-order valence-corrected chi connectivity index (χ1v) is 9.18. The molecular formula is C21H21FN4O2. The number of amides is 2. The standard InChI is InChI=1S/C21H21FN4O2/c22-17-11-15(13-23)10-16(12-17)21(28)25-19-6-4-18(5-7-19)24-20(27)14-26-8-2-1-3-9-26/h4-7,10-12H,1-3,8-9,14H2,(H,24,27)(H,25,28). The van der Waals surface area contributed by atoms with Gasteiger partial charge in [-0.3, -0.25) is 14.5 Å². The third-order valence-corrected chi connectivity index (χ3v) is 4.53. The molecule has 28 heavy (non-hydrogen) atoms. The Balaban J connectivity index is 1.56. The summed E-state index contributed by atoms with van der Waals surface area (Å²) in [6, 6.07) is 12.0. The molecule has 1 heterocycles. The molecule has 0 atom stereocenters. The fourth-order valence-corrected chi connectivity index (χ4v) is 3.15. The summed E-state index contributed by atoms with van der Waals surface area (Å²) in [5.41, 5.74) is 1.28. The Kier molecular flexibility index (Phi) is 6.35. The number of halogens is 1. The molecule has 1 aliphatic rings. The maximum atomic E-state index is 13.5. The number of likely N-dealkylation sites (tertiary alicyclic amines) is 1. The summed E-state index contributed by atoms with van der Waals surface area (Å²) in [6.07, 6.45) is 3.48. The average molecular weight is 380 g/mol. The van der Waals surface area contributed by atoms with Crippen LogP contribution in [0.1, 0.15) is 35.2 Å². The monoisotopic (exact) mass is 380 g/mol. The molecule has 2 aromatic rings. The lowest BCUT2D eigenvalue weighted by molar-refractivity contribution is -0.117. The number of piperidine rings is 1. The summed E-state index contributed by atoms with van der Waals surface area (Å²) < 4.78 is 13.5. The van der Waals surface area contributed by atoms with Crippen molar-refractivity contribution in [3.63, 3.8) is 0 Å². The number of nitriles is 1. The molecular weight excluding hydrogens is 359 g/mol. The average Bonchev–Trinajstić information content (AvgIpc) is 2.69. The number of anilines is 2. The predicted octanol–water partition coefficient (Wildman–Crippen LogP) is 3.37. The first kappa shape index (κ1) is 19.5. The Hall–Kier alpha value is -3.24. The maximum absolute atomic E-state index is 13.5. The lowest BCUT2D eigenvalue weighted by Crippen LogP contribution is -2.36. The van der Waals surface area contributed by atoms with Gasteiger partial charge in [0.25, 0.3) is 5.91 Å². The van der Waals surface area contributed by atoms with E-state index in [9.17, 15) is 14.0 Å². The minimum Gasteiger partial charge on any atom is -0.325 e. The van der Waals surface area contributed by atoms with Crippen LogP contribution in [-0.2, 0) is 4.79 Å². The largest absolute Gasteiger partial charge is 0.325 e. The van der Waals surface area contributed by atoms with Gasteiger partial charge in [-0.05, 0) is 68.4 Å². The van der Waals surface area contributed by atoms with Crippen LogP contribution >= 0.6 is 0 Å². The number of carbonyl (C=O) groups is 2. The quantitative estimate of drug-likeness (QED) is 0.833. The van der Waals surface area contributed by atoms with E-state index in [-0.39, 0.29) is 17.0 Å². The second kappa shape index (κ2) is 9.11. The molecule has 2 aromatic carbocycles. The van der Waals surface area contributed by atoms with Gasteiger partial charge in [-0.1, -0.05) is 6.42 Å². The molecule has 1 saturated heterocycles. The molecule has 144 valence electrons. The van der Waals surface area contributed by atoms with Gasteiger partial charge in [-0.2, -0.15) is 5.26 Å². The van der Waals surface area contributed by atoms with E-state index in [4.69, 9.17) is 5.26 Å². The van der Waals surface area contributed by atoms with Gasteiger partial charge in [-0.25, -0.2) is 4.39 Å². The number of hydrogen-bond acceptors (Lipinski definition) is 4. The first-order valence-electron chi connectivity index (χ1n) is 9.18. The van der Waals surface area contributed by atoms with Gasteiger partial charge in [-0.15, -0.1) is 0 Å². The summed E-state index contributed by atoms with van der Waals surface area (Å²) in [4.78, 5) is 26.5. The molecule has 0 aliphatic carbocycles. The van der Waals surface area contributed by atoms with Gasteiger partial charge in [0, 0.05) is 16.9 Å². The molecule has 0 radical (unpaired) electrons. The summed E-state index contributed by atoms with van der Waals surface area (Å²) >= 11 is 0. The third-order valence-electron chi connectivity index (χ3n) is 4.53. The van der Waals surface area contributed by atoms with E-state index in [2.05, 4.69) is 15.5 Å². The molecule has 0 unspecified atom stereocenters. The second-order valence-corrected chi connectivity index (χ2v) is 6.76. The van der Waals surface area contributed by atoms with Crippen LogP contribution in [0.15, 0.2) is 42.5 Å². The highest BCUT2D eigenvalue weighted by atomic mass is 19.1. The van der Waals surface area contributed by atoms with Crippen molar-refractivity contribution in [2.75, 3.05) is 30.3 Å². The van der Waals surface area contributed by atoms with Gasteiger partial charge in [0.15, 0.2) is 0 Å². The molecule has 0 aromatic heterocycles. The van der Waals surface area contributed by atoms with Crippen LogP contribution in [-0.4, -0.2) is 36.3 Å². The van der Waals surface area contributed by atoms with Crippen molar-refractivity contribution in [2.24, 2.45) is 0 Å². The normalized spacial score (nSPS) is 14.1. The van der Waals surface area contributed by atoms with Gasteiger partial charge in [0.2, 0.25) is 5.91 Å². The lowest BCUT2D eigenvalue weighted by Gasteiger charge is -2.25. The van der Waals surface area contributed by atoms with E-state index in [0.29, 0.717) is 17.9 Å². The zero-order valence-corrected chi connectivity index (χ0v) is 15.4. The Morgan fingerprint density at radius 2 is 1.64 bits per heavy atom. The maximum Gasteiger partial charge on any atom is 0.255 e. The van der Waals surface area contributed by atoms with Crippen LogP contribution in [0.4, 0.5) is 15.8 Å². The Morgan fingerprint density at radius 1 is 1.00 bits per heavy atom. The van der Waals surface area contributed by atoms with Crippen molar-refractivity contribution in [2.45, 2.75) is 19.3 Å². The van der Waals surface area contributed by atoms with E-state index < -0.39 is 11.7 Å². The van der Waals surface area contributed by atoms with E-state index in [1.165, 1.54) is 12.5 Å². The van der Waals surface area contributed by atoms with Crippen molar-refractivity contribution in [3.05, 3.63) is 59.4 Å². The third kappa shape index (κ3) is 5.38. The van der Waals surface area contributed by atoms with Crippen molar-refractivity contribution in [1.82, 2.24) is 4.90 Å². The SMILES string of the molecule is N#Cc1cc(F)cc(C(=O)Nc2ccc(NC(=O)CN3CCCCC3)cc2)c1. The van der Waals surface area contributed by atoms with E-state index >= 15 is 0 Å². The van der Waals surface area contributed by atoms with E-state index in [1.54, 1.807) is 24.3 Å². The van der Waals surface area contributed by atoms with Crippen molar-refractivity contribution in [1.29, 1.82) is 5.26 Å². The predicted molar refractivity (Wildman–Crippen MR) is 104 cm³/mol. The van der Waals surface area contributed by atoms with Crippen LogP contribution in [0.5, 0.6) is 0 Å². The van der Waals surface area contributed by atoms with Crippen LogP contribution in [0, 0.1) is 17.1 Å². The number of benzene rings is 2. The van der Waals surface area contributed by atoms with Crippen molar-refractivity contribution < 1.29 is 14.0 Å². The van der Waals surface area contributed by atoms with E-state index in [0.717, 1.165) is 38.1 Å². The van der Waals surface area contributed by atoms with Gasteiger partial charge < -0.3 is 10.6 Å². The fourth-order valence-electron chi connectivity index (χ4n) is 3.15. The van der Waals surface area contributed by atoms with Crippen molar-refractivity contribution >= 4 is 23.2 Å². The Morgan fingerprint density at radius 3 is 2.29 bits per heavy atom. The lowest BCUT2D eigenvalue weighted by atomic mass is 10.1. The summed E-state index contributed by atoms with van der Waals surface area (Å²) in [5.74, 6) is -1.23. The molecule has 0 spiro atoms. The van der Waals surface area contributed by atoms with Crippen LogP contribution in [0.25, 0.3) is 0 Å². The zero-order chi connectivity index (χ0) is 19.9. The number of nitrogens with one attached hydrogen (secondary N) is 2. The first-order chi connectivity index (χ1) is 13.5. The molecule has 0 bridgehead atoms. The van der Waals surface area contributed by atoms with Crippen LogP contribution in [0.2, 0.25) is 0 Å². The fraction of sp³-hybridized carbons (Fsp3) is 0.286. The van der Waals surface area contributed by atoms with Gasteiger partial charge in [0.05, 0.1) is 18.2 Å². The Labute approximate surface area is 163 Å². The second-order valence-electron chi connectivity index (χ2n) is 6.76. The minimum atomic E-state index is -0.643. The smallest absolute Gasteiger partial charge is 0.255 e. The number of carbonyl (C=O) groups excluding carboxylic acids is 2. The molecule has 0 saturated carbocycles. The molecule has 6 nitrogen and oxygen atoms in total. The van der Waals surface area contributed by atoms with Gasteiger partial charge in [0.1, 0.15) is 5.82 Å². The highest BCUT2D eigenvalue weighted by Crippen LogP contribution is 2.16. The molecule has 2 amide bonds. The highest BCUT2D eigenvalue weighted by Gasteiger charge is 2.14. The number of rotatable bonds is 5. The van der Waals surface area contributed by atoms with E-state index in [1.807, 2.05) is 6.07 Å². The van der Waals surface area contributed by atoms with Gasteiger partial charge >= 0.3 is 0 Å². The molecule has 7 heteroatoms. The highest BCUT2D eigenvalue weighted by molar-refractivity contribution is 6.04. The van der Waals surface area contributed by atoms with Crippen LogP contribution in [0.3, 0.4) is 0 Å². The number of nitrogens with zero attached hydrogens (tertiary/aromatic N) is 2. The zero-order valence-electron chi connectivity index (χ0n) is 15.4. The summed E-state index contributed by atoms with van der Waals surface area (Å²) in [6.45, 7) is 2.28. The topological polar surface area (TPSA) is 85.2 Å². The summed E-state index contributed by atoms with van der Waals surface area (Å²) in [7, 11) is 0. The molecule has 1 fully saturated rings. The van der Waals surface area contributed by atoms with Crippen LogP contribution < -0.4 is 10.6 Å². The molecule has 1 aliphatic heterocycles. The van der Waals surface area contributed by atoms with Crippen molar-refractivity contribution in [3.8, 4) is 6.07 Å².